The molecule has 2 aromatic heterocycles. The summed E-state index contributed by atoms with van der Waals surface area (Å²) in [5, 5.41) is 5.50. The van der Waals surface area contributed by atoms with Gasteiger partial charge in [-0.05, 0) is 49.2 Å². The largest absolute Gasteiger partial charge is 0.466 e. The molecular weight excluding hydrogens is 472 g/mol. The Kier molecular flexibility index (Phi) is 6.80. The van der Waals surface area contributed by atoms with Crippen LogP contribution in [0, 0.1) is 0 Å². The van der Waals surface area contributed by atoms with Crippen LogP contribution in [0.2, 0.25) is 0 Å². The van der Waals surface area contributed by atoms with Crippen molar-refractivity contribution in [2.45, 2.75) is 25.4 Å². The van der Waals surface area contributed by atoms with Gasteiger partial charge in [0.05, 0.1) is 25.1 Å². The lowest BCUT2D eigenvalue weighted by Crippen LogP contribution is -2.37. The van der Waals surface area contributed by atoms with E-state index in [1.165, 1.54) is 19.5 Å². The van der Waals surface area contributed by atoms with E-state index >= 15 is 0 Å². The SMILES string of the molecule is COC(=O)/C=C/C(=O)N1CCC[C@H]1Cn1nc(-c2ccc(Oc3ccccc3)cc2)c2c(N)ncnc21. The molecule has 0 radical (unpaired) electrons. The summed E-state index contributed by atoms with van der Waals surface area (Å²) >= 11 is 0. The summed E-state index contributed by atoms with van der Waals surface area (Å²) in [6.45, 7) is 1.03. The maximum atomic E-state index is 12.7. The molecule has 2 aromatic carbocycles. The van der Waals surface area contributed by atoms with Crippen molar-refractivity contribution in [3.8, 4) is 22.8 Å². The Morgan fingerprint density at radius 2 is 1.81 bits per heavy atom. The minimum absolute atomic E-state index is 0.108. The molecule has 4 aromatic rings. The average Bonchev–Trinajstić information content (AvgIpc) is 3.54. The van der Waals surface area contributed by atoms with E-state index in [0.29, 0.717) is 41.4 Å². The summed E-state index contributed by atoms with van der Waals surface area (Å²) in [5.41, 5.74) is 8.34. The molecule has 1 aliphatic heterocycles. The van der Waals surface area contributed by atoms with Gasteiger partial charge in [-0.2, -0.15) is 5.10 Å². The molecule has 10 nitrogen and oxygen atoms in total. The van der Waals surface area contributed by atoms with Gasteiger partial charge >= 0.3 is 5.97 Å². The van der Waals surface area contributed by atoms with Crippen molar-refractivity contribution in [2.75, 3.05) is 19.4 Å². The monoisotopic (exact) mass is 498 g/mol. The molecule has 1 saturated heterocycles. The predicted molar refractivity (Wildman–Crippen MR) is 138 cm³/mol. The summed E-state index contributed by atoms with van der Waals surface area (Å²) < 4.78 is 12.3. The van der Waals surface area contributed by atoms with Crippen LogP contribution in [0.4, 0.5) is 5.82 Å². The number of benzene rings is 2. The highest BCUT2D eigenvalue weighted by Gasteiger charge is 2.29. The zero-order valence-corrected chi connectivity index (χ0v) is 20.3. The van der Waals surface area contributed by atoms with Crippen LogP contribution in [-0.2, 0) is 20.9 Å². The number of hydrogen-bond donors (Lipinski definition) is 1. The number of aromatic nitrogens is 4. The van der Waals surface area contributed by atoms with Crippen molar-refractivity contribution in [1.29, 1.82) is 0 Å². The number of para-hydroxylation sites is 1. The molecule has 0 spiro atoms. The average molecular weight is 499 g/mol. The first-order chi connectivity index (χ1) is 18.0. The van der Waals surface area contributed by atoms with Crippen LogP contribution >= 0.6 is 0 Å². The molecule has 0 saturated carbocycles. The summed E-state index contributed by atoms with van der Waals surface area (Å²) in [6, 6.07) is 17.0. The minimum atomic E-state index is -0.570. The van der Waals surface area contributed by atoms with Gasteiger partial charge < -0.3 is 20.1 Å². The first-order valence-corrected chi connectivity index (χ1v) is 11.9. The third-order valence-electron chi connectivity index (χ3n) is 6.27. The molecule has 10 heteroatoms. The van der Waals surface area contributed by atoms with Crippen LogP contribution in [0.5, 0.6) is 11.5 Å². The van der Waals surface area contributed by atoms with Gasteiger partial charge in [0.25, 0.3) is 0 Å². The topological polar surface area (TPSA) is 125 Å². The maximum Gasteiger partial charge on any atom is 0.330 e. The fourth-order valence-electron chi connectivity index (χ4n) is 4.48. The number of carbonyl (C=O) groups is 2. The lowest BCUT2D eigenvalue weighted by Gasteiger charge is -2.23. The van der Waals surface area contributed by atoms with Crippen molar-refractivity contribution in [1.82, 2.24) is 24.6 Å². The van der Waals surface area contributed by atoms with Crippen molar-refractivity contribution < 1.29 is 19.1 Å². The quantitative estimate of drug-likeness (QED) is 0.303. The lowest BCUT2D eigenvalue weighted by atomic mass is 10.1. The third-order valence-corrected chi connectivity index (χ3v) is 6.27. The van der Waals surface area contributed by atoms with Gasteiger partial charge in [0.2, 0.25) is 5.91 Å². The Balaban J connectivity index is 1.42. The third kappa shape index (κ3) is 5.13. The Hall–Kier alpha value is -4.73. The highest BCUT2D eigenvalue weighted by Crippen LogP contribution is 2.33. The van der Waals surface area contributed by atoms with E-state index in [4.69, 9.17) is 15.6 Å². The van der Waals surface area contributed by atoms with Crippen molar-refractivity contribution in [3.05, 3.63) is 73.1 Å². The number of carbonyl (C=O) groups excluding carboxylic acids is 2. The van der Waals surface area contributed by atoms with E-state index in [1.807, 2.05) is 54.6 Å². The molecular formula is C27H26N6O4. The van der Waals surface area contributed by atoms with Gasteiger partial charge in [-0.25, -0.2) is 19.4 Å². The number of nitrogen functional groups attached to an aromatic ring is 1. The van der Waals surface area contributed by atoms with Crippen molar-refractivity contribution in [2.24, 2.45) is 0 Å². The van der Waals surface area contributed by atoms with Crippen LogP contribution < -0.4 is 10.5 Å². The highest BCUT2D eigenvalue weighted by atomic mass is 16.5. The first kappa shape index (κ1) is 24.0. The molecule has 0 aliphatic carbocycles. The zero-order valence-electron chi connectivity index (χ0n) is 20.3. The van der Waals surface area contributed by atoms with Crippen molar-refractivity contribution in [3.63, 3.8) is 0 Å². The van der Waals surface area contributed by atoms with E-state index in [1.54, 1.807) is 9.58 Å². The van der Waals surface area contributed by atoms with Gasteiger partial charge in [0.1, 0.15) is 29.3 Å². The number of esters is 1. The molecule has 0 unspecified atom stereocenters. The second-order valence-corrected chi connectivity index (χ2v) is 8.61. The van der Waals surface area contributed by atoms with Crippen LogP contribution in [0.25, 0.3) is 22.3 Å². The van der Waals surface area contributed by atoms with Gasteiger partial charge in [-0.15, -0.1) is 0 Å². The van der Waals surface area contributed by atoms with E-state index in [9.17, 15) is 9.59 Å². The number of rotatable bonds is 7. The number of likely N-dealkylation sites (tertiary alicyclic amines) is 1. The molecule has 188 valence electrons. The molecule has 5 rings (SSSR count). The van der Waals surface area contributed by atoms with Gasteiger partial charge in [-0.3, -0.25) is 4.79 Å². The fourth-order valence-corrected chi connectivity index (χ4v) is 4.48. The number of methoxy groups -OCH3 is 1. The standard InChI is InChI=1S/C27H26N6O4/c1-36-23(35)14-13-22(34)32-15-5-6-19(32)16-33-27-24(26(28)29-17-30-27)25(31-33)18-9-11-21(12-10-18)37-20-7-3-2-4-8-20/h2-4,7-14,17,19H,5-6,15-16H2,1H3,(H2,28,29,30)/b14-13+/t19-/m0/s1. The Labute approximate surface area is 213 Å². The molecule has 1 amide bonds. The van der Waals surface area contributed by atoms with Crippen LogP contribution in [-0.4, -0.2) is 56.2 Å². The first-order valence-electron chi connectivity index (χ1n) is 11.9. The molecule has 1 fully saturated rings. The lowest BCUT2D eigenvalue weighted by molar-refractivity contribution is -0.135. The molecule has 37 heavy (non-hydrogen) atoms. The second-order valence-electron chi connectivity index (χ2n) is 8.61. The van der Waals surface area contributed by atoms with Gasteiger partial charge in [-0.1, -0.05) is 18.2 Å². The molecule has 2 N–H and O–H groups in total. The Morgan fingerprint density at radius 3 is 2.57 bits per heavy atom. The number of amides is 1. The molecule has 3 heterocycles. The van der Waals surface area contributed by atoms with E-state index in [0.717, 1.165) is 30.2 Å². The Morgan fingerprint density at radius 1 is 1.05 bits per heavy atom. The number of nitrogens with zero attached hydrogens (tertiary/aromatic N) is 5. The minimum Gasteiger partial charge on any atom is -0.466 e. The van der Waals surface area contributed by atoms with E-state index in [-0.39, 0.29) is 11.9 Å². The number of nitrogens with two attached hydrogens (primary N) is 1. The summed E-state index contributed by atoms with van der Waals surface area (Å²) in [6.07, 6.45) is 5.45. The molecule has 1 atom stereocenters. The Bertz CT molecular complexity index is 1450. The van der Waals surface area contributed by atoms with Crippen LogP contribution in [0.3, 0.4) is 0 Å². The highest BCUT2D eigenvalue weighted by molar-refractivity contribution is 5.98. The van der Waals surface area contributed by atoms with Crippen LogP contribution in [0.15, 0.2) is 73.1 Å². The molecule has 0 bridgehead atoms. The number of hydrogen-bond acceptors (Lipinski definition) is 8. The number of fused-ring (bicyclic) bond motifs is 1. The zero-order chi connectivity index (χ0) is 25.8. The van der Waals surface area contributed by atoms with Gasteiger partial charge in [0, 0.05) is 24.3 Å². The maximum absolute atomic E-state index is 12.7. The summed E-state index contributed by atoms with van der Waals surface area (Å²) in [5.74, 6) is 0.964. The van der Waals surface area contributed by atoms with Crippen LogP contribution in [0.1, 0.15) is 12.8 Å². The van der Waals surface area contributed by atoms with E-state index in [2.05, 4.69) is 14.7 Å². The molecule has 1 aliphatic rings. The van der Waals surface area contributed by atoms with E-state index < -0.39 is 5.97 Å². The van der Waals surface area contributed by atoms with Gasteiger partial charge in [0.15, 0.2) is 5.65 Å². The fraction of sp³-hybridized carbons (Fsp3) is 0.222. The smallest absolute Gasteiger partial charge is 0.330 e. The summed E-state index contributed by atoms with van der Waals surface area (Å²) in [4.78, 5) is 34.5. The normalized spacial score (nSPS) is 15.4. The number of ether oxygens (including phenoxy) is 2. The second kappa shape index (κ2) is 10.5. The summed E-state index contributed by atoms with van der Waals surface area (Å²) in [7, 11) is 1.27. The predicted octanol–water partition coefficient (Wildman–Crippen LogP) is 3.59. The van der Waals surface area contributed by atoms with Crippen molar-refractivity contribution >= 4 is 28.7 Å². The number of anilines is 1.